The van der Waals surface area contributed by atoms with E-state index >= 15 is 0 Å². The quantitative estimate of drug-likeness (QED) is 0.0274. The Labute approximate surface area is 756 Å². The number of aliphatic hydroxyl groups excluding tert-OH is 5. The number of benzene rings is 2. The van der Waals surface area contributed by atoms with Gasteiger partial charge in [0.2, 0.25) is 100 Å². The van der Waals surface area contributed by atoms with Crippen molar-refractivity contribution in [3.8, 4) is 5.75 Å². The van der Waals surface area contributed by atoms with Crippen LogP contribution < -0.4 is 97.0 Å². The molecule has 726 valence electrons. The Morgan fingerprint density at radius 1 is 0.446 bits per heavy atom. The lowest BCUT2D eigenvalue weighted by Crippen LogP contribution is -2.63. The second-order valence-corrected chi connectivity index (χ2v) is 33.8. The number of phenols is 1. The number of aliphatic hydroxyl groups is 5. The van der Waals surface area contributed by atoms with E-state index in [1.54, 1.807) is 90.3 Å². The van der Waals surface area contributed by atoms with Gasteiger partial charge in [-0.05, 0) is 151 Å². The van der Waals surface area contributed by atoms with Crippen LogP contribution in [0.25, 0.3) is 0 Å². The molecule has 130 heavy (non-hydrogen) atoms. The number of nitrogens with one attached hydrogen (secondary N) is 15. The average Bonchev–Trinajstić information content (AvgIpc) is 1.68. The summed E-state index contributed by atoms with van der Waals surface area (Å²) in [6.45, 7) is 9.43. The number of hydrogen-bond acceptors (Lipinski definition) is 28. The van der Waals surface area contributed by atoms with Crippen LogP contribution >= 0.6 is 11.8 Å². The number of likely N-dealkylation sites (tertiary alicyclic amines) is 1. The molecular formula is C83H131N19O27S. The molecule has 0 saturated carbocycles. The summed E-state index contributed by atoms with van der Waals surface area (Å²) in [5.41, 5.74) is 18.3. The largest absolute Gasteiger partial charge is 0.508 e. The Hall–Kier alpha value is -11.8. The van der Waals surface area contributed by atoms with Crippen molar-refractivity contribution in [2.75, 3.05) is 51.4 Å². The van der Waals surface area contributed by atoms with Crippen LogP contribution in [0.4, 0.5) is 0 Å². The monoisotopic (exact) mass is 1860 g/mol. The molecule has 0 unspecified atom stereocenters. The number of carboxylic acids is 2. The molecule has 17 amide bonds. The zero-order chi connectivity index (χ0) is 97.9. The first kappa shape index (κ1) is 112. The molecule has 0 spiro atoms. The Morgan fingerprint density at radius 2 is 0.869 bits per heavy atom. The van der Waals surface area contributed by atoms with Gasteiger partial charge in [0.25, 0.3) is 0 Å². The van der Waals surface area contributed by atoms with E-state index in [2.05, 4.69) is 79.8 Å². The molecular weight excluding hydrogens is 1730 g/mol. The Balaban J connectivity index is 1.82. The van der Waals surface area contributed by atoms with E-state index in [1.165, 1.54) is 30.8 Å². The number of aliphatic carboxylic acids is 2. The minimum atomic E-state index is -2.06. The number of carbonyl (C=O) groups is 19. The molecule has 47 heteroatoms. The molecule has 0 bridgehead atoms. The Bertz CT molecular complexity index is 4150. The van der Waals surface area contributed by atoms with Crippen molar-refractivity contribution in [2.24, 2.45) is 35.0 Å². The van der Waals surface area contributed by atoms with Gasteiger partial charge >= 0.3 is 11.9 Å². The fraction of sp³-hybridized carbons (Fsp3) is 0.627. The van der Waals surface area contributed by atoms with E-state index in [0.717, 1.165) is 18.7 Å². The minimum absolute atomic E-state index is 0.00276. The summed E-state index contributed by atoms with van der Waals surface area (Å²) >= 11 is 1.24. The summed E-state index contributed by atoms with van der Waals surface area (Å²) in [7, 11) is 0. The molecule has 46 nitrogen and oxygen atoms in total. The van der Waals surface area contributed by atoms with Crippen LogP contribution in [0.2, 0.25) is 0 Å². The Morgan fingerprint density at radius 3 is 1.35 bits per heavy atom. The highest BCUT2D eigenvalue weighted by molar-refractivity contribution is 7.98. The normalized spacial score (nSPS) is 16.4. The summed E-state index contributed by atoms with van der Waals surface area (Å²) < 4.78 is 0. The lowest BCUT2D eigenvalue weighted by atomic mass is 9.98. The number of nitrogens with zero attached hydrogens (tertiary/aromatic N) is 1. The van der Waals surface area contributed by atoms with E-state index < -0.39 is 279 Å². The highest BCUT2D eigenvalue weighted by atomic mass is 32.2. The molecule has 0 aliphatic carbocycles. The maximum Gasteiger partial charge on any atom is 0.326 e. The molecule has 1 aliphatic rings. The van der Waals surface area contributed by atoms with Crippen LogP contribution in [0.15, 0.2) is 54.6 Å². The first-order valence-corrected chi connectivity index (χ1v) is 44.1. The predicted molar refractivity (Wildman–Crippen MR) is 468 cm³/mol. The minimum Gasteiger partial charge on any atom is -0.508 e. The molecule has 18 atom stereocenters. The number of phenolic OH excluding ortho intramolecular Hbond substituents is 1. The van der Waals surface area contributed by atoms with Crippen LogP contribution in [0.3, 0.4) is 0 Å². The number of unbranched alkanes of at least 4 members (excludes halogenated alkanes) is 1. The lowest BCUT2D eigenvalue weighted by molar-refractivity contribution is -0.145. The van der Waals surface area contributed by atoms with Crippen molar-refractivity contribution >= 4 is 124 Å². The molecule has 1 aliphatic heterocycles. The van der Waals surface area contributed by atoms with E-state index in [4.69, 9.17) is 17.2 Å². The summed E-state index contributed by atoms with van der Waals surface area (Å²) in [4.78, 5) is 260. The molecule has 1 heterocycles. The smallest absolute Gasteiger partial charge is 0.326 e. The molecule has 0 radical (unpaired) electrons. The number of aromatic hydroxyl groups is 1. The van der Waals surface area contributed by atoms with Crippen molar-refractivity contribution in [1.29, 1.82) is 0 Å². The van der Waals surface area contributed by atoms with E-state index in [-0.39, 0.29) is 101 Å². The Kier molecular flexibility index (Phi) is 49.6. The average molecular weight is 1860 g/mol. The highest BCUT2D eigenvalue weighted by Gasteiger charge is 2.44. The summed E-state index contributed by atoms with van der Waals surface area (Å²) in [5.74, 6) is -21.8. The van der Waals surface area contributed by atoms with Gasteiger partial charge in [-0.3, -0.25) is 86.3 Å². The van der Waals surface area contributed by atoms with Crippen molar-refractivity contribution in [2.45, 2.75) is 261 Å². The summed E-state index contributed by atoms with van der Waals surface area (Å²) in [6.07, 6.45) is -6.44. The van der Waals surface area contributed by atoms with Crippen molar-refractivity contribution in [1.82, 2.24) is 84.7 Å². The number of nitrogens with two attached hydrogens (primary N) is 3. The molecule has 1 saturated heterocycles. The summed E-state index contributed by atoms with van der Waals surface area (Å²) in [6, 6.07) is -10.6. The third-order valence-corrected chi connectivity index (χ3v) is 21.1. The van der Waals surface area contributed by atoms with Gasteiger partial charge in [-0.25, -0.2) is 4.79 Å². The zero-order valence-corrected chi connectivity index (χ0v) is 75.4. The zero-order valence-electron chi connectivity index (χ0n) is 74.6. The second-order valence-electron chi connectivity index (χ2n) is 32.8. The maximum atomic E-state index is 14.6. The van der Waals surface area contributed by atoms with Gasteiger partial charge in [-0.2, -0.15) is 11.8 Å². The highest BCUT2D eigenvalue weighted by Crippen LogP contribution is 2.22. The summed E-state index contributed by atoms with van der Waals surface area (Å²) in [5, 5.41) is 118. The fourth-order valence-electron chi connectivity index (χ4n) is 13.3. The predicted octanol–water partition coefficient (Wildman–Crippen LogP) is -8.00. The number of carbonyl (C=O) groups excluding carboxylic acids is 17. The number of carboxylic acid groups (broad SMARTS) is 2. The number of amides is 17. The van der Waals surface area contributed by atoms with E-state index in [1.807, 2.05) is 0 Å². The van der Waals surface area contributed by atoms with E-state index in [0.29, 0.717) is 11.1 Å². The van der Waals surface area contributed by atoms with Gasteiger partial charge in [-0.1, -0.05) is 84.0 Å². The third kappa shape index (κ3) is 39.7. The molecule has 0 aromatic heterocycles. The first-order valence-electron chi connectivity index (χ1n) is 42.7. The molecule has 29 N–H and O–H groups in total. The number of hydrogen-bond donors (Lipinski definition) is 26. The SMILES string of the molecule is CSCC[C@H](NC(=O)[C@H](Cc1ccccc1)NC(=O)CNC(=O)CNC(=O)[C@@H](N)Cc1ccc(O)cc1)C(=O)N[C@H](C(=O)N[C@@H](CO)C(=O)N[C@@H](CCC(=O)O)C(=O)N[C@@H](CCCCN)C(=O)N[C@@H](CO)C(=O)N[C@@H](CCC(N)=O)C(=O)N[C@H](C(=O)N1CCC[C@H]1C(=O)N[C@@H](CC(C)C)C(=O)N[C@H](C(=O)N[C@H](C(=O)N[C@@H](CC(C)C)C(=O)O)[C@@H](C)O)C(C)C)[C@@H](C)O)[C@@H](C)O. The van der Waals surface area contributed by atoms with Crippen LogP contribution in [0.1, 0.15) is 150 Å². The van der Waals surface area contributed by atoms with Gasteiger partial charge in [-0.15, -0.1) is 0 Å². The first-order chi connectivity index (χ1) is 61.2. The van der Waals surface area contributed by atoms with Crippen molar-refractivity contribution in [3.63, 3.8) is 0 Å². The van der Waals surface area contributed by atoms with Crippen LogP contribution in [0.5, 0.6) is 5.75 Å². The molecule has 3 rings (SSSR count). The number of primary amides is 1. The van der Waals surface area contributed by atoms with E-state index in [9.17, 15) is 132 Å². The van der Waals surface area contributed by atoms with Crippen LogP contribution in [-0.2, 0) is 104 Å². The van der Waals surface area contributed by atoms with Gasteiger partial charge < -0.3 is 143 Å². The third-order valence-electron chi connectivity index (χ3n) is 20.5. The van der Waals surface area contributed by atoms with Gasteiger partial charge in [0.1, 0.15) is 90.3 Å². The van der Waals surface area contributed by atoms with Crippen molar-refractivity contribution in [3.05, 3.63) is 65.7 Å². The van der Waals surface area contributed by atoms with Crippen LogP contribution in [0, 0.1) is 17.8 Å². The van der Waals surface area contributed by atoms with Gasteiger partial charge in [0, 0.05) is 25.8 Å². The van der Waals surface area contributed by atoms with Gasteiger partial charge in [0.15, 0.2) is 0 Å². The lowest BCUT2D eigenvalue weighted by Gasteiger charge is -2.32. The van der Waals surface area contributed by atoms with Crippen molar-refractivity contribution < 1.29 is 132 Å². The fourth-order valence-corrected chi connectivity index (χ4v) is 13.8. The van der Waals surface area contributed by atoms with Gasteiger partial charge in [0.05, 0.1) is 50.7 Å². The standard InChI is InChI=1S/C83H131N19O27S/c1-41(2)33-55(75(120)98-65(43(5)6)79(124)100-67(45(8)106)80(125)95-57(83(128)129)34-42(3)4)94-78(123)60-20-16-31-102(60)82(127)68(46(9)107)101-72(117)52(25-27-61(86)109)91-76(121)58(39-103)96-70(115)51(19-14-15-30-84)90-71(116)53(26-28-64(112)113)92-77(122)59(40-104)97-81(126)66(44(7)105)99-73(118)54(29-32-130-10)93-74(119)56(36-47-17-12-11-13-18-47)89-63(111)38-87-62(110)37-88-69(114)50(85)35-48-21-23-49(108)24-22-48/h11-13,17-18,21-24,41-46,50-60,65-68,103-108H,14-16,19-20,25-40,84-85H2,1-10H3,(H2,86,109)(H,87,110)(H,88,114)(H,89,111)(H,90,116)(H,91,121)(H,92,122)(H,93,119)(H,94,123)(H,95,125)(H,96,115)(H,97,126)(H,98,120)(H,99,118)(H,100,124)(H,101,117)(H,112,113)(H,128,129)/t44-,45-,46-,50+,51+,52+,53+,54+,55+,56+,57+,58+,59+,60+,65+,66+,67+,68+/m1/s1. The number of thioether (sulfide) groups is 1. The van der Waals surface area contributed by atoms with Crippen LogP contribution in [-0.4, -0.2) is 318 Å². The topological polar surface area (TPSA) is 748 Å². The number of rotatable bonds is 59. The molecule has 2 aromatic carbocycles. The molecule has 2 aromatic rings. The molecule has 1 fully saturated rings. The maximum absolute atomic E-state index is 14.6. The second kappa shape index (κ2) is 57.3.